The smallest absolute Gasteiger partial charge is 0.259 e. The van der Waals surface area contributed by atoms with Gasteiger partial charge in [-0.3, -0.25) is 9.78 Å². The van der Waals surface area contributed by atoms with Gasteiger partial charge in [0.1, 0.15) is 11.7 Å². The highest BCUT2D eigenvalue weighted by atomic mass is 32.2. The molecular formula is C26H30N4O5S. The molecule has 9 nitrogen and oxygen atoms in total. The second-order valence-corrected chi connectivity index (χ2v) is 11.1. The van der Waals surface area contributed by atoms with E-state index in [4.69, 9.17) is 4.74 Å². The fourth-order valence-corrected chi connectivity index (χ4v) is 5.35. The number of sulfonamides is 1. The number of hydrogen-bond acceptors (Lipinski definition) is 7. The van der Waals surface area contributed by atoms with Crippen LogP contribution in [0.2, 0.25) is 0 Å². The number of fused-ring (bicyclic) bond motifs is 1. The number of aliphatic hydroxyl groups is 1. The number of ether oxygens (including phenoxy) is 1. The van der Waals surface area contributed by atoms with Crippen LogP contribution in [0, 0.1) is 5.92 Å². The number of benzene rings is 1. The van der Waals surface area contributed by atoms with Gasteiger partial charge in [-0.15, -0.1) is 0 Å². The molecule has 3 atom stereocenters. The minimum atomic E-state index is -3.74. The first-order chi connectivity index (χ1) is 17.2. The Morgan fingerprint density at radius 2 is 1.86 bits per heavy atom. The number of aromatic nitrogens is 2. The molecule has 0 spiro atoms. The fraction of sp³-hybridized carbons (Fsp3) is 0.346. The number of aliphatic hydroxyl groups excluding tert-OH is 1. The van der Waals surface area contributed by atoms with Crippen LogP contribution in [-0.4, -0.2) is 77.5 Å². The molecule has 0 fully saturated rings. The normalized spacial score (nSPS) is 19.2. The van der Waals surface area contributed by atoms with Crippen molar-refractivity contribution in [3.8, 4) is 17.0 Å². The zero-order valence-electron chi connectivity index (χ0n) is 20.5. The Labute approximate surface area is 211 Å². The second kappa shape index (κ2) is 10.7. The molecule has 0 bridgehead atoms. The zero-order chi connectivity index (χ0) is 25.9. The molecular weight excluding hydrogens is 480 g/mol. The number of hydrogen-bond donors (Lipinski definition) is 1. The van der Waals surface area contributed by atoms with Gasteiger partial charge in [0.05, 0.1) is 24.1 Å². The van der Waals surface area contributed by atoms with Crippen LogP contribution in [0.3, 0.4) is 0 Å². The third kappa shape index (κ3) is 5.25. The van der Waals surface area contributed by atoms with Crippen LogP contribution in [0.1, 0.15) is 24.2 Å². The first-order valence-corrected chi connectivity index (χ1v) is 13.2. The highest BCUT2D eigenvalue weighted by molar-refractivity contribution is 7.89. The van der Waals surface area contributed by atoms with Gasteiger partial charge in [-0.1, -0.05) is 25.1 Å². The summed E-state index contributed by atoms with van der Waals surface area (Å²) < 4.78 is 33.8. The highest BCUT2D eigenvalue weighted by Crippen LogP contribution is 2.30. The maximum absolute atomic E-state index is 13.6. The van der Waals surface area contributed by atoms with Crippen LogP contribution < -0.4 is 4.74 Å². The highest BCUT2D eigenvalue weighted by Gasteiger charge is 2.36. The van der Waals surface area contributed by atoms with Crippen LogP contribution in [-0.2, 0) is 10.0 Å². The molecule has 0 aliphatic carbocycles. The fourth-order valence-electron chi connectivity index (χ4n) is 4.15. The van der Waals surface area contributed by atoms with E-state index in [2.05, 4.69) is 9.97 Å². The Morgan fingerprint density at radius 1 is 1.17 bits per heavy atom. The minimum Gasteiger partial charge on any atom is -0.472 e. The predicted molar refractivity (Wildman–Crippen MR) is 135 cm³/mol. The maximum atomic E-state index is 13.6. The van der Waals surface area contributed by atoms with E-state index in [0.29, 0.717) is 0 Å². The van der Waals surface area contributed by atoms with Crippen LogP contribution in [0.25, 0.3) is 11.1 Å². The van der Waals surface area contributed by atoms with Crippen molar-refractivity contribution in [2.45, 2.75) is 30.9 Å². The topological polar surface area (TPSA) is 113 Å². The van der Waals surface area contributed by atoms with Crippen molar-refractivity contribution in [1.82, 2.24) is 19.2 Å². The van der Waals surface area contributed by atoms with Crippen LogP contribution >= 0.6 is 0 Å². The molecule has 10 heteroatoms. The molecule has 1 amide bonds. The van der Waals surface area contributed by atoms with Gasteiger partial charge in [-0.2, -0.15) is 4.31 Å². The summed E-state index contributed by atoms with van der Waals surface area (Å²) in [5, 5.41) is 9.84. The molecule has 3 heterocycles. The summed E-state index contributed by atoms with van der Waals surface area (Å²) in [6.45, 7) is 3.80. The Morgan fingerprint density at radius 3 is 2.53 bits per heavy atom. The third-order valence-electron chi connectivity index (χ3n) is 6.42. The largest absolute Gasteiger partial charge is 0.472 e. The van der Waals surface area contributed by atoms with Gasteiger partial charge < -0.3 is 14.7 Å². The lowest BCUT2D eigenvalue weighted by molar-refractivity contribution is 0.0373. The summed E-state index contributed by atoms with van der Waals surface area (Å²) >= 11 is 0. The van der Waals surface area contributed by atoms with Crippen molar-refractivity contribution in [1.29, 1.82) is 0 Å². The van der Waals surface area contributed by atoms with E-state index in [1.54, 1.807) is 66.8 Å². The number of carbonyl (C=O) groups is 1. The van der Waals surface area contributed by atoms with Crippen molar-refractivity contribution in [2.24, 2.45) is 5.92 Å². The van der Waals surface area contributed by atoms with Gasteiger partial charge in [0.25, 0.3) is 5.91 Å². The molecule has 1 aromatic carbocycles. The Bertz CT molecular complexity index is 1300. The lowest BCUT2D eigenvalue weighted by Gasteiger charge is -2.37. The van der Waals surface area contributed by atoms with Crippen LogP contribution in [0.4, 0.5) is 0 Å². The first-order valence-electron chi connectivity index (χ1n) is 11.7. The quantitative estimate of drug-likeness (QED) is 0.520. The molecule has 0 saturated carbocycles. The second-order valence-electron chi connectivity index (χ2n) is 9.03. The number of rotatable bonds is 7. The average Bonchev–Trinajstić information content (AvgIpc) is 2.90. The van der Waals surface area contributed by atoms with Gasteiger partial charge in [-0.25, -0.2) is 13.4 Å². The molecule has 1 aliphatic rings. The van der Waals surface area contributed by atoms with Gasteiger partial charge in [0, 0.05) is 43.7 Å². The van der Waals surface area contributed by atoms with E-state index in [1.807, 2.05) is 19.1 Å². The minimum absolute atomic E-state index is 0.0567. The van der Waals surface area contributed by atoms with E-state index >= 15 is 0 Å². The van der Waals surface area contributed by atoms with Crippen molar-refractivity contribution < 1.29 is 23.1 Å². The van der Waals surface area contributed by atoms with Crippen molar-refractivity contribution >= 4 is 15.9 Å². The predicted octanol–water partition coefficient (Wildman–Crippen LogP) is 2.68. The van der Waals surface area contributed by atoms with E-state index in [1.165, 1.54) is 11.4 Å². The number of nitrogens with zero attached hydrogens (tertiary/aromatic N) is 4. The average molecular weight is 511 g/mol. The monoisotopic (exact) mass is 510 g/mol. The Kier molecular flexibility index (Phi) is 7.67. The molecule has 1 aliphatic heterocycles. The van der Waals surface area contributed by atoms with Gasteiger partial charge in [-0.05, 0) is 42.8 Å². The molecule has 3 aromatic rings. The molecule has 190 valence electrons. The van der Waals surface area contributed by atoms with E-state index in [0.717, 1.165) is 11.1 Å². The summed E-state index contributed by atoms with van der Waals surface area (Å²) in [6.07, 6.45) is 4.35. The third-order valence-corrected chi connectivity index (χ3v) is 8.26. The number of pyridine rings is 2. The van der Waals surface area contributed by atoms with Crippen LogP contribution in [0.5, 0.6) is 5.88 Å². The van der Waals surface area contributed by atoms with Crippen molar-refractivity contribution in [3.05, 3.63) is 72.7 Å². The molecule has 0 radical (unpaired) electrons. The maximum Gasteiger partial charge on any atom is 0.259 e. The molecule has 36 heavy (non-hydrogen) atoms. The molecule has 1 N–H and O–H groups in total. The van der Waals surface area contributed by atoms with Crippen molar-refractivity contribution in [2.75, 3.05) is 26.7 Å². The Balaban J connectivity index is 1.71. The molecule has 0 unspecified atom stereocenters. The summed E-state index contributed by atoms with van der Waals surface area (Å²) in [5.41, 5.74) is 1.82. The standard InChI is InChI=1S/C26H30N4O5S/c1-18-15-30(19(2)17-31)26(32)23-13-21(20-9-11-27-12-10-20)14-28-25(23)35-24(18)16-29(3)36(33,34)22-7-5-4-6-8-22/h4-14,18-19,24,31H,15-17H2,1-3H3/t18-,19-,24-/m0/s1. The molecule has 4 rings (SSSR count). The SMILES string of the molecule is C[C@H]1CN([C@@H](C)CO)C(=O)c2cc(-c3ccncc3)cnc2O[C@H]1CN(C)S(=O)(=O)c1ccccc1. The molecule has 2 aromatic heterocycles. The lowest BCUT2D eigenvalue weighted by Crippen LogP contribution is -2.50. The van der Waals surface area contributed by atoms with E-state index in [9.17, 15) is 18.3 Å². The molecule has 0 saturated heterocycles. The lowest BCUT2D eigenvalue weighted by atomic mass is 9.99. The first kappa shape index (κ1) is 25.7. The van der Waals surface area contributed by atoms with Crippen molar-refractivity contribution in [3.63, 3.8) is 0 Å². The zero-order valence-corrected chi connectivity index (χ0v) is 21.3. The van der Waals surface area contributed by atoms with Gasteiger partial charge in [0.15, 0.2) is 0 Å². The number of carbonyl (C=O) groups excluding carboxylic acids is 1. The number of amides is 1. The van der Waals surface area contributed by atoms with Gasteiger partial charge in [0.2, 0.25) is 15.9 Å². The summed E-state index contributed by atoms with van der Waals surface area (Å²) in [4.78, 5) is 23.9. The summed E-state index contributed by atoms with van der Waals surface area (Å²) in [7, 11) is -2.23. The van der Waals surface area contributed by atoms with Gasteiger partial charge >= 0.3 is 0 Å². The number of likely N-dealkylation sites (N-methyl/N-ethyl adjacent to an activating group) is 1. The summed E-state index contributed by atoms with van der Waals surface area (Å²) in [5.74, 6) is -0.410. The van der Waals surface area contributed by atoms with E-state index < -0.39 is 22.2 Å². The summed E-state index contributed by atoms with van der Waals surface area (Å²) in [6, 6.07) is 13.1. The van der Waals surface area contributed by atoms with E-state index in [-0.39, 0.29) is 47.9 Å². The Hall–Kier alpha value is -3.34. The van der Waals surface area contributed by atoms with Crippen LogP contribution in [0.15, 0.2) is 72.0 Å².